The molecule has 4 unspecified atom stereocenters. The zero-order valence-electron chi connectivity index (χ0n) is 24.8. The molecule has 0 bridgehead atoms. The van der Waals surface area contributed by atoms with E-state index < -0.39 is 63.8 Å². The molecule has 5 rings (SSSR count). The van der Waals surface area contributed by atoms with Gasteiger partial charge in [-0.3, -0.25) is 19.2 Å². The lowest BCUT2D eigenvalue weighted by atomic mass is 9.54. The van der Waals surface area contributed by atoms with Crippen LogP contribution < -0.4 is 10.6 Å². The molecule has 0 aliphatic heterocycles. The summed E-state index contributed by atoms with van der Waals surface area (Å²) in [6, 6.07) is 8.89. The van der Waals surface area contributed by atoms with E-state index in [9.17, 15) is 39.6 Å². The van der Waals surface area contributed by atoms with Crippen molar-refractivity contribution < 1.29 is 39.6 Å². The molecule has 1 saturated carbocycles. The summed E-state index contributed by atoms with van der Waals surface area (Å²) >= 11 is 0. The number of rotatable bonds is 6. The molecular formula is C33H36N2O8. The van der Waals surface area contributed by atoms with E-state index in [1.807, 2.05) is 19.0 Å². The second-order valence-electron chi connectivity index (χ2n) is 12.4. The van der Waals surface area contributed by atoms with E-state index in [-0.39, 0.29) is 41.9 Å². The first kappa shape index (κ1) is 30.0. The number of phenols is 1. The Morgan fingerprint density at radius 1 is 1.12 bits per heavy atom. The van der Waals surface area contributed by atoms with Gasteiger partial charge in [-0.1, -0.05) is 38.1 Å². The third-order valence-electron chi connectivity index (χ3n) is 9.12. The van der Waals surface area contributed by atoms with Crippen molar-refractivity contribution in [2.45, 2.75) is 45.6 Å². The van der Waals surface area contributed by atoms with Gasteiger partial charge in [0.15, 0.2) is 11.4 Å². The minimum atomic E-state index is -2.66. The minimum absolute atomic E-state index is 0.0192. The summed E-state index contributed by atoms with van der Waals surface area (Å²) in [7, 11) is 3.62. The molecule has 6 N–H and O–H groups in total. The van der Waals surface area contributed by atoms with Crippen LogP contribution in [-0.4, -0.2) is 63.4 Å². The number of hydrogen-bond donors (Lipinski definition) is 5. The second kappa shape index (κ2) is 10.4. The zero-order chi connectivity index (χ0) is 31.7. The maximum absolute atomic E-state index is 14.2. The van der Waals surface area contributed by atoms with E-state index >= 15 is 0 Å². The summed E-state index contributed by atoms with van der Waals surface area (Å²) < 4.78 is 0. The molecule has 0 saturated heterocycles. The highest BCUT2D eigenvalue weighted by molar-refractivity contribution is 6.23. The molecule has 0 heterocycles. The molecule has 43 heavy (non-hydrogen) atoms. The summed E-state index contributed by atoms with van der Waals surface area (Å²) in [5.41, 5.74) is 4.72. The number of aliphatic hydroxyl groups excluding tert-OH is 2. The Hall–Kier alpha value is -4.44. The van der Waals surface area contributed by atoms with Crippen LogP contribution in [0.3, 0.4) is 0 Å². The molecule has 0 radical (unpaired) electrons. The molecule has 10 heteroatoms. The van der Waals surface area contributed by atoms with Crippen molar-refractivity contribution in [3.05, 3.63) is 63.9 Å². The number of phenolic OH excluding ortho intramolecular Hbond substituents is 1. The van der Waals surface area contributed by atoms with E-state index in [1.165, 1.54) is 6.92 Å². The Kier molecular flexibility index (Phi) is 7.25. The number of nitrogens with two attached hydrogens (primary N) is 1. The number of aromatic hydroxyl groups is 1. The van der Waals surface area contributed by atoms with Crippen LogP contribution in [0, 0.1) is 23.7 Å². The Morgan fingerprint density at radius 2 is 1.79 bits per heavy atom. The number of carbonyl (C=O) groups excluding carboxylic acids is 4. The number of aliphatic hydroxyl groups is 3. The maximum Gasteiger partial charge on any atom is 0.255 e. The summed E-state index contributed by atoms with van der Waals surface area (Å²) in [5, 5.41) is 46.3. The van der Waals surface area contributed by atoms with Gasteiger partial charge in [-0.25, -0.2) is 0 Å². The third kappa shape index (κ3) is 4.43. The van der Waals surface area contributed by atoms with Crippen molar-refractivity contribution in [1.82, 2.24) is 0 Å². The minimum Gasteiger partial charge on any atom is -0.508 e. The topological polar surface area (TPSA) is 178 Å². The van der Waals surface area contributed by atoms with Crippen molar-refractivity contribution in [1.29, 1.82) is 0 Å². The SMILES string of the molecule is CC(=O)Cc1cccc(-c2cc(N(C)C)c3c(c2O)C(O)=C2C(=O)C4(O)C(O)=C(C(N)=O)C(=O)C(C(C)C)C4CC2C3)c1. The van der Waals surface area contributed by atoms with Gasteiger partial charge in [0, 0.05) is 49.2 Å². The summed E-state index contributed by atoms with van der Waals surface area (Å²) in [6.07, 6.45) is 0.453. The monoisotopic (exact) mass is 588 g/mol. The van der Waals surface area contributed by atoms with Gasteiger partial charge in [0.25, 0.3) is 5.91 Å². The number of anilines is 1. The average Bonchev–Trinajstić information content (AvgIpc) is 2.90. The number of Topliss-reactive ketones (excluding diaryl/α,β-unsaturated/α-hetero) is 3. The largest absolute Gasteiger partial charge is 0.508 e. The number of fused-ring (bicyclic) bond motifs is 3. The average molecular weight is 589 g/mol. The predicted octanol–water partition coefficient (Wildman–Crippen LogP) is 3.17. The van der Waals surface area contributed by atoms with Gasteiger partial charge in [0.05, 0.1) is 5.56 Å². The number of hydrogen-bond acceptors (Lipinski definition) is 9. The first-order chi connectivity index (χ1) is 20.1. The fourth-order valence-electron chi connectivity index (χ4n) is 7.29. The van der Waals surface area contributed by atoms with Gasteiger partial charge in [0.2, 0.25) is 5.78 Å². The molecule has 3 aliphatic carbocycles. The number of ketones is 3. The van der Waals surface area contributed by atoms with Crippen LogP contribution in [0.5, 0.6) is 5.75 Å². The van der Waals surface area contributed by atoms with Gasteiger partial charge in [0.1, 0.15) is 28.6 Å². The number of carbonyl (C=O) groups is 4. The maximum atomic E-state index is 14.2. The smallest absolute Gasteiger partial charge is 0.255 e. The quantitative estimate of drug-likeness (QED) is 0.317. The Balaban J connectivity index is 1.75. The first-order valence-electron chi connectivity index (χ1n) is 14.2. The normalized spacial score (nSPS) is 25.0. The number of nitrogens with zero attached hydrogens (tertiary/aromatic N) is 1. The van der Waals surface area contributed by atoms with E-state index in [4.69, 9.17) is 5.73 Å². The number of benzene rings is 2. The van der Waals surface area contributed by atoms with E-state index in [1.54, 1.807) is 44.2 Å². The molecule has 1 amide bonds. The lowest BCUT2D eigenvalue weighted by Gasteiger charge is -2.50. The highest BCUT2D eigenvalue weighted by atomic mass is 16.3. The molecule has 3 aliphatic rings. The van der Waals surface area contributed by atoms with Gasteiger partial charge in [-0.15, -0.1) is 0 Å². The molecule has 2 aromatic carbocycles. The van der Waals surface area contributed by atoms with Crippen molar-refractivity contribution in [3.63, 3.8) is 0 Å². The molecule has 0 aromatic heterocycles. The highest BCUT2D eigenvalue weighted by Crippen LogP contribution is 2.56. The molecule has 1 fully saturated rings. The van der Waals surface area contributed by atoms with Crippen molar-refractivity contribution in [2.24, 2.45) is 29.4 Å². The lowest BCUT2D eigenvalue weighted by molar-refractivity contribution is -0.155. The second-order valence-corrected chi connectivity index (χ2v) is 12.4. The lowest BCUT2D eigenvalue weighted by Crippen LogP contribution is -2.62. The standard InChI is InChI=1S/C33H36N2O8/c1-14(2)23-21-12-18-11-20-22(35(4)5)13-19(17-8-6-7-16(10-17)9-15(3)36)27(37)25(20)29(39)24(18)30(40)33(21,43)31(41)26(28(23)38)32(34)42/h6-8,10,13-14,18,21,23,37,39,41,43H,9,11-12H2,1-5H3,(H2,34,42). The van der Waals surface area contributed by atoms with Crippen LogP contribution in [0.1, 0.15) is 43.9 Å². The first-order valence-corrected chi connectivity index (χ1v) is 14.2. The van der Waals surface area contributed by atoms with E-state index in [0.717, 1.165) is 5.56 Å². The molecular weight excluding hydrogens is 552 g/mol. The summed E-state index contributed by atoms with van der Waals surface area (Å²) in [4.78, 5) is 53.3. The fourth-order valence-corrected chi connectivity index (χ4v) is 7.29. The summed E-state index contributed by atoms with van der Waals surface area (Å²) in [6.45, 7) is 4.93. The van der Waals surface area contributed by atoms with Crippen molar-refractivity contribution in [3.8, 4) is 16.9 Å². The van der Waals surface area contributed by atoms with Crippen LogP contribution in [0.2, 0.25) is 0 Å². The third-order valence-corrected chi connectivity index (χ3v) is 9.12. The fraction of sp³-hybridized carbons (Fsp3) is 0.394. The summed E-state index contributed by atoms with van der Waals surface area (Å²) in [5.74, 6) is -8.09. The van der Waals surface area contributed by atoms with Crippen LogP contribution in [0.15, 0.2) is 47.2 Å². The van der Waals surface area contributed by atoms with Crippen molar-refractivity contribution >= 4 is 34.7 Å². The molecule has 4 atom stereocenters. The van der Waals surface area contributed by atoms with Crippen LogP contribution >= 0.6 is 0 Å². The van der Waals surface area contributed by atoms with E-state index in [0.29, 0.717) is 22.4 Å². The van der Waals surface area contributed by atoms with Gasteiger partial charge in [-0.2, -0.15) is 0 Å². The molecule has 0 spiro atoms. The number of amides is 1. The van der Waals surface area contributed by atoms with Crippen molar-refractivity contribution in [2.75, 3.05) is 19.0 Å². The molecule has 10 nitrogen and oxygen atoms in total. The number of primary amides is 1. The highest BCUT2D eigenvalue weighted by Gasteiger charge is 2.64. The Bertz CT molecular complexity index is 1670. The van der Waals surface area contributed by atoms with Gasteiger partial charge < -0.3 is 31.1 Å². The Morgan fingerprint density at radius 3 is 2.37 bits per heavy atom. The van der Waals surface area contributed by atoms with Crippen LogP contribution in [-0.2, 0) is 32.0 Å². The van der Waals surface area contributed by atoms with Crippen LogP contribution in [0.25, 0.3) is 16.9 Å². The van der Waals surface area contributed by atoms with Gasteiger partial charge in [-0.05, 0) is 54.4 Å². The molecule has 226 valence electrons. The zero-order valence-corrected chi connectivity index (χ0v) is 24.8. The van der Waals surface area contributed by atoms with E-state index in [2.05, 4.69) is 0 Å². The molecule has 2 aromatic rings. The Labute approximate surface area is 249 Å². The van der Waals surface area contributed by atoms with Gasteiger partial charge >= 0.3 is 0 Å². The van der Waals surface area contributed by atoms with Crippen LogP contribution in [0.4, 0.5) is 5.69 Å². The predicted molar refractivity (Wildman–Crippen MR) is 159 cm³/mol.